The van der Waals surface area contributed by atoms with Crippen LogP contribution in [0, 0.1) is 0 Å². The molecular weight excluding hydrogens is 518 g/mol. The highest BCUT2D eigenvalue weighted by Gasteiger charge is 2.30. The topological polar surface area (TPSA) is 86.8 Å². The molecule has 1 unspecified atom stereocenters. The normalized spacial score (nSPS) is 12.3. The number of hydrogen-bond donors (Lipinski definition) is 1. The molecule has 0 aliphatic carbocycles. The zero-order chi connectivity index (χ0) is 24.1. The van der Waals surface area contributed by atoms with Crippen LogP contribution in [0.3, 0.4) is 0 Å². The third kappa shape index (κ3) is 7.50. The fraction of sp³-hybridized carbons (Fsp3) is 0.364. The first-order chi connectivity index (χ1) is 14.9. The summed E-state index contributed by atoms with van der Waals surface area (Å²) in [6.45, 7) is 4.97. The molecule has 2 aromatic rings. The third-order valence-electron chi connectivity index (χ3n) is 4.66. The quantitative estimate of drug-likeness (QED) is 0.520. The van der Waals surface area contributed by atoms with Gasteiger partial charge in [-0.2, -0.15) is 0 Å². The molecule has 0 aliphatic rings. The number of nitrogens with one attached hydrogen (secondary N) is 1. The SMILES string of the molecule is CC(C)NC(=O)C(C)N(Cc1ccc(Cl)cc1)C(=O)CN(c1ccc(Br)cc1)S(C)(=O)=O. The van der Waals surface area contributed by atoms with Gasteiger partial charge in [0.1, 0.15) is 12.6 Å². The van der Waals surface area contributed by atoms with Crippen LogP contribution in [0.2, 0.25) is 5.02 Å². The molecule has 0 aromatic heterocycles. The summed E-state index contributed by atoms with van der Waals surface area (Å²) in [5.74, 6) is -0.823. The largest absolute Gasteiger partial charge is 0.352 e. The van der Waals surface area contributed by atoms with Crippen LogP contribution < -0.4 is 9.62 Å². The third-order valence-corrected chi connectivity index (χ3v) is 6.58. The predicted octanol–water partition coefficient (Wildman–Crippen LogP) is 3.81. The molecule has 2 aromatic carbocycles. The van der Waals surface area contributed by atoms with Crippen LogP contribution in [0.4, 0.5) is 5.69 Å². The molecule has 0 spiro atoms. The Labute approximate surface area is 202 Å². The number of sulfonamides is 1. The van der Waals surface area contributed by atoms with Gasteiger partial charge >= 0.3 is 0 Å². The standard InChI is InChI=1S/C22H27BrClN3O4S/c1-15(2)25-22(29)16(3)26(13-17-5-9-19(24)10-6-17)21(28)14-27(32(4,30)31)20-11-7-18(23)8-12-20/h5-12,15-16H,13-14H2,1-4H3,(H,25,29). The van der Waals surface area contributed by atoms with Gasteiger partial charge in [0.25, 0.3) is 0 Å². The summed E-state index contributed by atoms with van der Waals surface area (Å²) in [4.78, 5) is 27.4. The number of rotatable bonds is 9. The molecule has 2 amide bonds. The Kier molecular flexibility index (Phi) is 9.12. The number of carbonyl (C=O) groups excluding carboxylic acids is 2. The number of carbonyl (C=O) groups is 2. The minimum Gasteiger partial charge on any atom is -0.352 e. The fourth-order valence-corrected chi connectivity index (χ4v) is 4.24. The van der Waals surface area contributed by atoms with Crippen molar-refractivity contribution < 1.29 is 18.0 Å². The first-order valence-corrected chi connectivity index (χ1v) is 13.0. The minimum atomic E-state index is -3.75. The van der Waals surface area contributed by atoms with E-state index in [0.717, 1.165) is 20.6 Å². The molecule has 0 saturated heterocycles. The van der Waals surface area contributed by atoms with Crippen LogP contribution in [0.15, 0.2) is 53.0 Å². The van der Waals surface area contributed by atoms with Crippen LogP contribution in [-0.4, -0.2) is 50.0 Å². The van der Waals surface area contributed by atoms with Crippen LogP contribution in [0.5, 0.6) is 0 Å². The lowest BCUT2D eigenvalue weighted by molar-refractivity contribution is -0.139. The van der Waals surface area contributed by atoms with Crippen LogP contribution in [0.1, 0.15) is 26.3 Å². The molecule has 0 heterocycles. The summed E-state index contributed by atoms with van der Waals surface area (Å²) < 4.78 is 26.8. The van der Waals surface area contributed by atoms with E-state index in [9.17, 15) is 18.0 Å². The summed E-state index contributed by atoms with van der Waals surface area (Å²) in [6, 6.07) is 12.6. The first-order valence-electron chi connectivity index (χ1n) is 9.96. The Balaban J connectivity index is 2.36. The van der Waals surface area contributed by atoms with Gasteiger partial charge in [0.15, 0.2) is 0 Å². The predicted molar refractivity (Wildman–Crippen MR) is 131 cm³/mol. The van der Waals surface area contributed by atoms with E-state index in [-0.39, 0.29) is 18.5 Å². The second kappa shape index (κ2) is 11.2. The van der Waals surface area contributed by atoms with E-state index in [0.29, 0.717) is 10.7 Å². The molecule has 32 heavy (non-hydrogen) atoms. The van der Waals surface area contributed by atoms with Crippen molar-refractivity contribution >= 4 is 55.1 Å². The Morgan fingerprint density at radius 3 is 2.09 bits per heavy atom. The highest BCUT2D eigenvalue weighted by atomic mass is 79.9. The number of nitrogens with zero attached hydrogens (tertiary/aromatic N) is 2. The van der Waals surface area contributed by atoms with Crippen molar-refractivity contribution in [2.45, 2.75) is 39.4 Å². The Hall–Kier alpha value is -2.10. The molecule has 1 N–H and O–H groups in total. The van der Waals surface area contributed by atoms with E-state index >= 15 is 0 Å². The maximum Gasteiger partial charge on any atom is 0.244 e. The van der Waals surface area contributed by atoms with Crippen LogP contribution in [-0.2, 0) is 26.2 Å². The molecule has 2 rings (SSSR count). The number of hydrogen-bond acceptors (Lipinski definition) is 4. The van der Waals surface area contributed by atoms with Gasteiger partial charge in [-0.05, 0) is 62.7 Å². The molecule has 0 aliphatic heterocycles. The van der Waals surface area contributed by atoms with Gasteiger partial charge in [0, 0.05) is 22.1 Å². The zero-order valence-electron chi connectivity index (χ0n) is 18.4. The minimum absolute atomic E-state index is 0.104. The Morgan fingerprint density at radius 2 is 1.59 bits per heavy atom. The van der Waals surface area contributed by atoms with Crippen molar-refractivity contribution in [2.75, 3.05) is 17.1 Å². The van der Waals surface area contributed by atoms with Crippen LogP contribution >= 0.6 is 27.5 Å². The molecule has 0 radical (unpaired) electrons. The summed E-state index contributed by atoms with van der Waals surface area (Å²) in [5, 5.41) is 3.35. The number of anilines is 1. The first kappa shape index (κ1) is 26.2. The number of amides is 2. The molecule has 0 fully saturated rings. The van der Waals surface area contributed by atoms with Crippen LogP contribution in [0.25, 0.3) is 0 Å². The van der Waals surface area contributed by atoms with E-state index in [1.54, 1.807) is 55.5 Å². The van der Waals surface area contributed by atoms with Crippen molar-refractivity contribution in [3.05, 3.63) is 63.6 Å². The highest BCUT2D eigenvalue weighted by molar-refractivity contribution is 9.10. The number of benzene rings is 2. The van der Waals surface area contributed by atoms with E-state index in [4.69, 9.17) is 11.6 Å². The average Bonchev–Trinajstić information content (AvgIpc) is 2.70. The van der Waals surface area contributed by atoms with Gasteiger partial charge < -0.3 is 10.2 Å². The van der Waals surface area contributed by atoms with Gasteiger partial charge in [0.05, 0.1) is 11.9 Å². The zero-order valence-corrected chi connectivity index (χ0v) is 21.5. The monoisotopic (exact) mass is 543 g/mol. The second-order valence-electron chi connectivity index (χ2n) is 7.73. The lowest BCUT2D eigenvalue weighted by Gasteiger charge is -2.32. The van der Waals surface area contributed by atoms with Crippen molar-refractivity contribution in [3.8, 4) is 0 Å². The maximum absolute atomic E-state index is 13.3. The lowest BCUT2D eigenvalue weighted by atomic mass is 10.1. The Bertz CT molecular complexity index is 1040. The number of halogens is 2. The van der Waals surface area contributed by atoms with Crippen molar-refractivity contribution in [3.63, 3.8) is 0 Å². The van der Waals surface area contributed by atoms with Gasteiger partial charge in [-0.25, -0.2) is 8.42 Å². The molecular formula is C22H27BrClN3O4S. The molecule has 174 valence electrons. The van der Waals surface area contributed by atoms with Gasteiger partial charge in [-0.3, -0.25) is 13.9 Å². The molecule has 1 atom stereocenters. The molecule has 0 bridgehead atoms. The van der Waals surface area contributed by atoms with Crippen molar-refractivity contribution in [1.29, 1.82) is 0 Å². The van der Waals surface area contributed by atoms with E-state index in [1.807, 2.05) is 13.8 Å². The highest BCUT2D eigenvalue weighted by Crippen LogP contribution is 2.22. The fourth-order valence-electron chi connectivity index (χ4n) is 3.00. The van der Waals surface area contributed by atoms with E-state index in [2.05, 4.69) is 21.2 Å². The molecule has 0 saturated carbocycles. The average molecular weight is 545 g/mol. The molecule has 7 nitrogen and oxygen atoms in total. The smallest absolute Gasteiger partial charge is 0.244 e. The summed E-state index contributed by atoms with van der Waals surface area (Å²) in [7, 11) is -3.75. The summed E-state index contributed by atoms with van der Waals surface area (Å²) in [6.07, 6.45) is 1.04. The van der Waals surface area contributed by atoms with Gasteiger partial charge in [0.2, 0.25) is 21.8 Å². The van der Waals surface area contributed by atoms with Gasteiger partial charge in [-0.15, -0.1) is 0 Å². The lowest BCUT2D eigenvalue weighted by Crippen LogP contribution is -2.52. The second-order valence-corrected chi connectivity index (χ2v) is 11.0. The summed E-state index contributed by atoms with van der Waals surface area (Å²) in [5.41, 5.74) is 1.12. The molecule has 10 heteroatoms. The summed E-state index contributed by atoms with van der Waals surface area (Å²) >= 11 is 9.28. The van der Waals surface area contributed by atoms with Gasteiger partial charge in [-0.1, -0.05) is 39.7 Å². The van der Waals surface area contributed by atoms with Crippen molar-refractivity contribution in [2.24, 2.45) is 0 Å². The van der Waals surface area contributed by atoms with E-state index < -0.39 is 28.5 Å². The maximum atomic E-state index is 13.3. The van der Waals surface area contributed by atoms with E-state index in [1.165, 1.54) is 4.90 Å². The van der Waals surface area contributed by atoms with Crippen molar-refractivity contribution in [1.82, 2.24) is 10.2 Å². The Morgan fingerprint density at radius 1 is 1.03 bits per heavy atom.